The first-order valence-electron chi connectivity index (χ1n) is 11.2. The zero-order valence-electron chi connectivity index (χ0n) is 19.5. The Morgan fingerprint density at radius 1 is 1.39 bits per heavy atom. The molecule has 3 aliphatic rings. The maximum Gasteiger partial charge on any atom is 0.320 e. The van der Waals surface area contributed by atoms with Crippen LogP contribution in [0.4, 0.5) is 0 Å². The molecule has 1 aromatic rings. The van der Waals surface area contributed by atoms with Crippen LogP contribution in [0.15, 0.2) is 24.0 Å². The van der Waals surface area contributed by atoms with Crippen molar-refractivity contribution in [3.05, 3.63) is 35.1 Å². The number of carbonyl (C=O) groups is 2. The highest BCUT2D eigenvalue weighted by Gasteiger charge is 2.69. The van der Waals surface area contributed by atoms with Crippen molar-refractivity contribution >= 4 is 11.9 Å². The standard InChI is InChI=1S/C24H32N2O7/c1-13-5-7-16(31-4)20-19(13)23-11-12-26(3)14(2)24(23,30)10-9-17(21(23)33-20)32-18(27)8-6-15(25)22(28)29/h5,7,9,14-15,21,30H,6,8,10-12,25H2,1-4H3,(H,28,29)/t14-,15+,21+,23+,24-/m1/s1. The molecule has 1 spiro atoms. The van der Waals surface area contributed by atoms with Gasteiger partial charge in [0.15, 0.2) is 17.6 Å². The van der Waals surface area contributed by atoms with Gasteiger partial charge in [0.2, 0.25) is 0 Å². The number of fused-ring (bicyclic) bond motifs is 1. The second kappa shape index (κ2) is 8.30. The van der Waals surface area contributed by atoms with Crippen LogP contribution in [-0.4, -0.2) is 71.5 Å². The summed E-state index contributed by atoms with van der Waals surface area (Å²) in [6, 6.07) is 2.49. The molecule has 0 amide bonds. The Bertz CT molecular complexity index is 1010. The summed E-state index contributed by atoms with van der Waals surface area (Å²) in [7, 11) is 3.56. The fraction of sp³-hybridized carbons (Fsp3) is 0.583. The molecule has 2 aliphatic heterocycles. The molecule has 2 heterocycles. The van der Waals surface area contributed by atoms with Crippen LogP contribution in [-0.2, 0) is 19.7 Å². The number of carboxylic acids is 1. The van der Waals surface area contributed by atoms with E-state index in [-0.39, 0.29) is 25.3 Å². The second-order valence-electron chi connectivity index (χ2n) is 9.36. The van der Waals surface area contributed by atoms with Crippen LogP contribution in [0.5, 0.6) is 11.5 Å². The largest absolute Gasteiger partial charge is 0.493 e. The van der Waals surface area contributed by atoms with Gasteiger partial charge >= 0.3 is 11.9 Å². The molecule has 0 unspecified atom stereocenters. The van der Waals surface area contributed by atoms with Gasteiger partial charge in [-0.15, -0.1) is 0 Å². The number of nitrogens with zero attached hydrogens (tertiary/aromatic N) is 1. The summed E-state index contributed by atoms with van der Waals surface area (Å²) in [4.78, 5) is 25.7. The van der Waals surface area contributed by atoms with Gasteiger partial charge in [0.05, 0.1) is 18.1 Å². The Hall–Kier alpha value is -2.62. The summed E-state index contributed by atoms with van der Waals surface area (Å²) in [6.45, 7) is 4.72. The molecular formula is C24H32N2O7. The molecule has 9 heteroatoms. The van der Waals surface area contributed by atoms with Crippen molar-refractivity contribution < 1.29 is 34.0 Å². The van der Waals surface area contributed by atoms with E-state index < -0.39 is 35.1 Å². The number of benzene rings is 1. The lowest BCUT2D eigenvalue weighted by atomic mass is 9.54. The summed E-state index contributed by atoms with van der Waals surface area (Å²) < 4.78 is 17.7. The van der Waals surface area contributed by atoms with Crippen molar-refractivity contribution in [2.75, 3.05) is 20.7 Å². The number of hydrogen-bond donors (Lipinski definition) is 3. The van der Waals surface area contributed by atoms with Crippen LogP contribution in [0.25, 0.3) is 0 Å². The molecule has 5 atom stereocenters. The Morgan fingerprint density at radius 2 is 2.12 bits per heavy atom. The Labute approximate surface area is 193 Å². The zero-order valence-corrected chi connectivity index (χ0v) is 19.5. The highest BCUT2D eigenvalue weighted by Crippen LogP contribution is 2.62. The number of piperidine rings is 1. The minimum atomic E-state index is -1.17. The molecule has 0 aromatic heterocycles. The van der Waals surface area contributed by atoms with Gasteiger partial charge in [-0.1, -0.05) is 6.07 Å². The van der Waals surface area contributed by atoms with Gasteiger partial charge in [-0.2, -0.15) is 0 Å². The number of likely N-dealkylation sites (tertiary alicyclic amines) is 1. The molecule has 9 nitrogen and oxygen atoms in total. The molecule has 180 valence electrons. The Balaban J connectivity index is 1.75. The van der Waals surface area contributed by atoms with Gasteiger partial charge in [0, 0.05) is 24.4 Å². The lowest BCUT2D eigenvalue weighted by Gasteiger charge is -2.58. The summed E-state index contributed by atoms with van der Waals surface area (Å²) in [5.41, 5.74) is 5.41. The number of hydrogen-bond acceptors (Lipinski definition) is 8. The van der Waals surface area contributed by atoms with Crippen LogP contribution in [0.2, 0.25) is 0 Å². The first-order chi connectivity index (χ1) is 15.6. The number of carbonyl (C=O) groups excluding carboxylic acids is 1. The monoisotopic (exact) mass is 460 g/mol. The highest BCUT2D eigenvalue weighted by molar-refractivity contribution is 5.76. The number of aryl methyl sites for hydroxylation is 1. The third-order valence-corrected chi connectivity index (χ3v) is 7.74. The molecule has 0 saturated carbocycles. The second-order valence-corrected chi connectivity index (χ2v) is 9.36. The fourth-order valence-corrected chi connectivity index (χ4v) is 5.73. The quantitative estimate of drug-likeness (QED) is 0.540. The van der Waals surface area contributed by atoms with Crippen molar-refractivity contribution in [3.8, 4) is 11.5 Å². The number of rotatable bonds is 6. The minimum absolute atomic E-state index is 0.0307. The van der Waals surface area contributed by atoms with E-state index in [1.54, 1.807) is 13.2 Å². The van der Waals surface area contributed by atoms with Gasteiger partial charge in [-0.05, 0) is 58.0 Å². The van der Waals surface area contributed by atoms with E-state index in [4.69, 9.17) is 25.1 Å². The van der Waals surface area contributed by atoms with Crippen molar-refractivity contribution in [3.63, 3.8) is 0 Å². The average Bonchev–Trinajstić information content (AvgIpc) is 3.14. The number of ether oxygens (including phenoxy) is 3. The summed E-state index contributed by atoms with van der Waals surface area (Å²) >= 11 is 0. The van der Waals surface area contributed by atoms with E-state index in [0.717, 1.165) is 17.7 Å². The zero-order chi connectivity index (χ0) is 24.1. The van der Waals surface area contributed by atoms with Gasteiger partial charge in [0.25, 0.3) is 0 Å². The van der Waals surface area contributed by atoms with Gasteiger partial charge < -0.3 is 35.1 Å². The van der Waals surface area contributed by atoms with Crippen LogP contribution in [0, 0.1) is 6.92 Å². The van der Waals surface area contributed by atoms with Gasteiger partial charge in [0.1, 0.15) is 11.8 Å². The normalized spacial score (nSPS) is 31.4. The van der Waals surface area contributed by atoms with Crippen LogP contribution < -0.4 is 15.2 Å². The first-order valence-corrected chi connectivity index (χ1v) is 11.2. The molecule has 1 fully saturated rings. The molecule has 1 aliphatic carbocycles. The third-order valence-electron chi connectivity index (χ3n) is 7.74. The number of nitrogens with two attached hydrogens (primary N) is 1. The lowest BCUT2D eigenvalue weighted by molar-refractivity contribution is -0.162. The molecule has 0 bridgehead atoms. The van der Waals surface area contributed by atoms with Crippen molar-refractivity contribution in [2.45, 2.75) is 68.7 Å². The average molecular weight is 461 g/mol. The number of likely N-dealkylation sites (N-methyl/N-ethyl adjacent to an activating group) is 1. The van der Waals surface area contributed by atoms with Crippen LogP contribution in [0.1, 0.15) is 43.7 Å². The topological polar surface area (TPSA) is 132 Å². The van der Waals surface area contributed by atoms with E-state index in [2.05, 4.69) is 4.90 Å². The number of aliphatic carboxylic acids is 1. The minimum Gasteiger partial charge on any atom is -0.493 e. The molecule has 0 radical (unpaired) electrons. The van der Waals surface area contributed by atoms with Crippen molar-refractivity contribution in [2.24, 2.45) is 5.73 Å². The Morgan fingerprint density at radius 3 is 2.79 bits per heavy atom. The highest BCUT2D eigenvalue weighted by atomic mass is 16.6. The third kappa shape index (κ3) is 3.41. The molecule has 1 aromatic carbocycles. The lowest BCUT2D eigenvalue weighted by Crippen LogP contribution is -2.71. The van der Waals surface area contributed by atoms with E-state index >= 15 is 0 Å². The SMILES string of the molecule is COc1ccc(C)c2c1O[C@H]1C(OC(=O)CC[C@H](N)C(=O)O)=CC[C@@]3(O)[C@@H](C)N(C)CC[C@]213. The summed E-state index contributed by atoms with van der Waals surface area (Å²) in [6.07, 6.45) is 1.73. The fourth-order valence-electron chi connectivity index (χ4n) is 5.73. The maximum atomic E-state index is 12.6. The van der Waals surface area contributed by atoms with E-state index in [0.29, 0.717) is 23.7 Å². The number of methoxy groups -OCH3 is 1. The molecular weight excluding hydrogens is 428 g/mol. The van der Waals surface area contributed by atoms with E-state index in [1.807, 2.05) is 33.0 Å². The van der Waals surface area contributed by atoms with Gasteiger partial charge in [-0.3, -0.25) is 9.59 Å². The van der Waals surface area contributed by atoms with Crippen LogP contribution in [0.3, 0.4) is 0 Å². The van der Waals surface area contributed by atoms with E-state index in [9.17, 15) is 14.7 Å². The maximum absolute atomic E-state index is 12.6. The molecule has 4 rings (SSSR count). The smallest absolute Gasteiger partial charge is 0.320 e. The number of esters is 1. The Kier molecular flexibility index (Phi) is 5.92. The van der Waals surface area contributed by atoms with Crippen LogP contribution >= 0.6 is 0 Å². The number of carboxylic acid groups (broad SMARTS) is 1. The molecule has 1 saturated heterocycles. The summed E-state index contributed by atoms with van der Waals surface area (Å²) in [5.74, 6) is -0.285. The number of aliphatic hydroxyl groups is 1. The summed E-state index contributed by atoms with van der Waals surface area (Å²) in [5, 5.41) is 21.2. The van der Waals surface area contributed by atoms with E-state index in [1.165, 1.54) is 0 Å². The molecule has 4 N–H and O–H groups in total. The molecule has 33 heavy (non-hydrogen) atoms. The first kappa shape index (κ1) is 23.5. The van der Waals surface area contributed by atoms with Crippen molar-refractivity contribution in [1.29, 1.82) is 0 Å². The van der Waals surface area contributed by atoms with Gasteiger partial charge in [-0.25, -0.2) is 0 Å². The van der Waals surface area contributed by atoms with Crippen molar-refractivity contribution in [1.82, 2.24) is 4.90 Å². The predicted molar refractivity (Wildman–Crippen MR) is 119 cm³/mol. The predicted octanol–water partition coefficient (Wildman–Crippen LogP) is 1.48.